The van der Waals surface area contributed by atoms with Crippen molar-refractivity contribution in [3.05, 3.63) is 23.8 Å². The zero-order chi connectivity index (χ0) is 18.8. The Labute approximate surface area is 146 Å². The van der Waals surface area contributed by atoms with Crippen LogP contribution in [0.2, 0.25) is 0 Å². The average Bonchev–Trinajstić information content (AvgIpc) is 2.60. The third-order valence-electron chi connectivity index (χ3n) is 4.53. The maximum atomic E-state index is 12.8. The van der Waals surface area contributed by atoms with Gasteiger partial charge in [0.25, 0.3) is 5.91 Å². The quantitative estimate of drug-likeness (QED) is 0.797. The number of aliphatic carboxylic acids is 1. The second-order valence-corrected chi connectivity index (χ2v) is 7.75. The normalized spacial score (nSPS) is 21.0. The van der Waals surface area contributed by atoms with Crippen molar-refractivity contribution < 1.29 is 27.9 Å². The number of rotatable bonds is 5. The first kappa shape index (κ1) is 19.2. The van der Waals surface area contributed by atoms with E-state index >= 15 is 0 Å². The summed E-state index contributed by atoms with van der Waals surface area (Å²) in [5, 5.41) is 9.29. The van der Waals surface area contributed by atoms with Gasteiger partial charge in [0.1, 0.15) is 10.6 Å². The summed E-state index contributed by atoms with van der Waals surface area (Å²) in [6, 6.07) is 3.68. The Bertz CT molecular complexity index is 777. The molecule has 0 saturated carbocycles. The maximum absolute atomic E-state index is 12.8. The number of benzene rings is 1. The van der Waals surface area contributed by atoms with Gasteiger partial charge < -0.3 is 14.7 Å². The maximum Gasteiger partial charge on any atom is 0.308 e. The van der Waals surface area contributed by atoms with Crippen LogP contribution in [0.3, 0.4) is 0 Å². The molecule has 8 nitrogen and oxygen atoms in total. The van der Waals surface area contributed by atoms with Gasteiger partial charge in [-0.05, 0) is 45.0 Å². The Balaban J connectivity index is 2.40. The third-order valence-corrected chi connectivity index (χ3v) is 5.97. The molecule has 0 aliphatic carbocycles. The van der Waals surface area contributed by atoms with Gasteiger partial charge in [0.2, 0.25) is 10.0 Å². The minimum absolute atomic E-state index is 0.126. The smallest absolute Gasteiger partial charge is 0.308 e. The van der Waals surface area contributed by atoms with Crippen molar-refractivity contribution in [2.24, 2.45) is 5.92 Å². The fraction of sp³-hybridized carbons (Fsp3) is 0.500. The number of amides is 1. The topological polar surface area (TPSA) is 113 Å². The van der Waals surface area contributed by atoms with Crippen molar-refractivity contribution in [3.8, 4) is 5.75 Å². The Morgan fingerprint density at radius 3 is 2.60 bits per heavy atom. The Kier molecular flexibility index (Phi) is 5.69. The molecule has 1 fully saturated rings. The van der Waals surface area contributed by atoms with Crippen LogP contribution in [0.5, 0.6) is 5.75 Å². The molecule has 1 aliphatic heterocycles. The molecule has 0 radical (unpaired) electrons. The lowest BCUT2D eigenvalue weighted by Gasteiger charge is -2.37. The molecule has 1 aromatic rings. The van der Waals surface area contributed by atoms with Crippen molar-refractivity contribution in [1.29, 1.82) is 0 Å². The molecule has 25 heavy (non-hydrogen) atoms. The molecule has 0 bridgehead atoms. The molecule has 2 N–H and O–H groups in total. The number of likely N-dealkylation sites (tertiary alicyclic amines) is 1. The Morgan fingerprint density at radius 2 is 2.04 bits per heavy atom. The van der Waals surface area contributed by atoms with Crippen LogP contribution >= 0.6 is 0 Å². The van der Waals surface area contributed by atoms with E-state index in [9.17, 15) is 23.1 Å². The first-order valence-corrected chi connectivity index (χ1v) is 9.36. The van der Waals surface area contributed by atoms with Crippen LogP contribution < -0.4 is 9.46 Å². The third kappa shape index (κ3) is 3.77. The highest BCUT2D eigenvalue weighted by atomic mass is 32.2. The number of carbonyl (C=O) groups excluding carboxylic acids is 1. The summed E-state index contributed by atoms with van der Waals surface area (Å²) in [5.41, 5.74) is 0.174. The van der Waals surface area contributed by atoms with E-state index in [1.165, 1.54) is 37.3 Å². The zero-order valence-corrected chi connectivity index (χ0v) is 15.2. The Hall–Kier alpha value is -2.13. The predicted molar refractivity (Wildman–Crippen MR) is 90.1 cm³/mol. The Morgan fingerprint density at radius 1 is 1.36 bits per heavy atom. The van der Waals surface area contributed by atoms with E-state index in [0.29, 0.717) is 19.4 Å². The fourth-order valence-electron chi connectivity index (χ4n) is 3.06. The first-order chi connectivity index (χ1) is 11.7. The molecule has 138 valence electrons. The largest absolute Gasteiger partial charge is 0.495 e. The van der Waals surface area contributed by atoms with Gasteiger partial charge in [0, 0.05) is 18.2 Å². The van der Waals surface area contributed by atoms with Crippen LogP contribution in [0.15, 0.2) is 23.1 Å². The van der Waals surface area contributed by atoms with Crippen LogP contribution in [0.1, 0.15) is 30.1 Å². The summed E-state index contributed by atoms with van der Waals surface area (Å²) in [6.45, 7) is 2.13. The number of piperidine rings is 1. The second-order valence-electron chi connectivity index (χ2n) is 5.90. The number of sulfonamides is 1. The van der Waals surface area contributed by atoms with Crippen molar-refractivity contribution in [2.75, 3.05) is 20.7 Å². The molecule has 0 spiro atoms. The van der Waals surface area contributed by atoms with Crippen LogP contribution in [0, 0.1) is 5.92 Å². The highest BCUT2D eigenvalue weighted by Gasteiger charge is 2.36. The molecule has 9 heteroatoms. The minimum Gasteiger partial charge on any atom is -0.495 e. The lowest BCUT2D eigenvalue weighted by Crippen LogP contribution is -2.49. The van der Waals surface area contributed by atoms with Crippen molar-refractivity contribution in [2.45, 2.75) is 30.7 Å². The molecular weight excluding hydrogens is 348 g/mol. The van der Waals surface area contributed by atoms with Crippen molar-refractivity contribution >= 4 is 21.9 Å². The minimum atomic E-state index is -3.81. The van der Waals surface area contributed by atoms with E-state index in [-0.39, 0.29) is 16.2 Å². The first-order valence-electron chi connectivity index (χ1n) is 7.88. The van der Waals surface area contributed by atoms with E-state index in [4.69, 9.17) is 4.74 Å². The summed E-state index contributed by atoms with van der Waals surface area (Å²) in [6.07, 6.45) is 1.10. The number of ether oxygens (including phenoxy) is 1. The van der Waals surface area contributed by atoms with Gasteiger partial charge in [-0.3, -0.25) is 9.59 Å². The number of nitrogens with one attached hydrogen (secondary N) is 1. The van der Waals surface area contributed by atoms with Gasteiger partial charge in [-0.15, -0.1) is 0 Å². The molecule has 1 heterocycles. The molecule has 2 atom stereocenters. The molecule has 1 aliphatic rings. The SMILES string of the molecule is CNS(=O)(=O)c1cc(C(=O)N2CCC[C@H](C(=O)O)[C@@H]2C)ccc1OC. The van der Waals surface area contributed by atoms with Gasteiger partial charge in [-0.25, -0.2) is 13.1 Å². The van der Waals surface area contributed by atoms with Crippen LogP contribution in [-0.4, -0.2) is 57.0 Å². The molecule has 0 unspecified atom stereocenters. The van der Waals surface area contributed by atoms with E-state index in [1.54, 1.807) is 6.92 Å². The standard InChI is InChI=1S/C16H22N2O6S/c1-10-12(16(20)21)5-4-8-18(10)15(19)11-6-7-13(24-3)14(9-11)25(22,23)17-2/h6-7,9-10,12,17H,4-5,8H2,1-3H3,(H,20,21)/t10-,12-/m0/s1. The van der Waals surface area contributed by atoms with Crippen LogP contribution in [-0.2, 0) is 14.8 Å². The van der Waals surface area contributed by atoms with E-state index in [0.717, 1.165) is 0 Å². The summed E-state index contributed by atoms with van der Waals surface area (Å²) >= 11 is 0. The van der Waals surface area contributed by atoms with E-state index < -0.39 is 33.9 Å². The van der Waals surface area contributed by atoms with Crippen molar-refractivity contribution in [1.82, 2.24) is 9.62 Å². The number of hydrogen-bond donors (Lipinski definition) is 2. The average molecular weight is 370 g/mol. The lowest BCUT2D eigenvalue weighted by atomic mass is 9.90. The number of methoxy groups -OCH3 is 1. The fourth-order valence-corrected chi connectivity index (χ4v) is 3.97. The number of carboxylic acids is 1. The van der Waals surface area contributed by atoms with Gasteiger partial charge in [-0.1, -0.05) is 0 Å². The molecule has 1 amide bonds. The molecule has 2 rings (SSSR count). The summed E-state index contributed by atoms with van der Waals surface area (Å²) < 4.78 is 31.5. The number of nitrogens with zero attached hydrogens (tertiary/aromatic N) is 1. The highest BCUT2D eigenvalue weighted by molar-refractivity contribution is 7.89. The molecular formula is C16H22N2O6S. The number of carbonyl (C=O) groups is 2. The van der Waals surface area contributed by atoms with Gasteiger partial charge >= 0.3 is 5.97 Å². The van der Waals surface area contributed by atoms with E-state index in [1.807, 2.05) is 0 Å². The van der Waals surface area contributed by atoms with E-state index in [2.05, 4.69) is 4.72 Å². The zero-order valence-electron chi connectivity index (χ0n) is 14.4. The van der Waals surface area contributed by atoms with Gasteiger partial charge in [-0.2, -0.15) is 0 Å². The summed E-state index contributed by atoms with van der Waals surface area (Å²) in [4.78, 5) is 25.5. The summed E-state index contributed by atoms with van der Waals surface area (Å²) in [5.74, 6) is -1.83. The van der Waals surface area contributed by atoms with Crippen molar-refractivity contribution in [3.63, 3.8) is 0 Å². The number of hydrogen-bond acceptors (Lipinski definition) is 5. The second kappa shape index (κ2) is 7.40. The monoisotopic (exact) mass is 370 g/mol. The predicted octanol–water partition coefficient (Wildman–Crippen LogP) is 0.929. The van der Waals surface area contributed by atoms with Crippen LogP contribution in [0.4, 0.5) is 0 Å². The lowest BCUT2D eigenvalue weighted by molar-refractivity contribution is -0.144. The summed E-state index contributed by atoms with van der Waals surface area (Å²) in [7, 11) is -1.19. The molecule has 1 saturated heterocycles. The highest BCUT2D eigenvalue weighted by Crippen LogP contribution is 2.28. The molecule has 0 aromatic heterocycles. The van der Waals surface area contributed by atoms with Gasteiger partial charge in [0.05, 0.1) is 13.0 Å². The van der Waals surface area contributed by atoms with Crippen LogP contribution in [0.25, 0.3) is 0 Å². The molecule has 1 aromatic carbocycles. The van der Waals surface area contributed by atoms with Gasteiger partial charge in [0.15, 0.2) is 0 Å². The number of carboxylic acid groups (broad SMARTS) is 1.